The van der Waals surface area contributed by atoms with Gasteiger partial charge in [-0.2, -0.15) is 0 Å². The highest BCUT2D eigenvalue weighted by atomic mass is 31.2. The molecule has 0 heterocycles. The molecule has 19 heteroatoms. The minimum absolute atomic E-state index is 0.102. The molecule has 94 heavy (non-hydrogen) atoms. The van der Waals surface area contributed by atoms with E-state index in [9.17, 15) is 43.2 Å². The van der Waals surface area contributed by atoms with E-state index >= 15 is 0 Å². The third-order valence-corrected chi connectivity index (χ3v) is 20.0. The molecule has 0 aliphatic rings. The molecule has 0 rings (SSSR count). The fourth-order valence-corrected chi connectivity index (χ4v) is 12.9. The molecule has 0 radical (unpaired) electrons. The lowest BCUT2D eigenvalue weighted by molar-refractivity contribution is -0.161. The number of carbonyl (C=O) groups is 4. The summed E-state index contributed by atoms with van der Waals surface area (Å²) < 4.78 is 68.4. The van der Waals surface area contributed by atoms with Crippen LogP contribution in [0.3, 0.4) is 0 Å². The third kappa shape index (κ3) is 66.0. The molecule has 0 saturated carbocycles. The summed E-state index contributed by atoms with van der Waals surface area (Å²) in [5, 5.41) is 10.6. The Morgan fingerprint density at radius 3 is 0.809 bits per heavy atom. The van der Waals surface area contributed by atoms with Gasteiger partial charge >= 0.3 is 39.5 Å². The van der Waals surface area contributed by atoms with E-state index in [1.807, 2.05) is 0 Å². The first-order chi connectivity index (χ1) is 45.3. The summed E-state index contributed by atoms with van der Waals surface area (Å²) in [5.41, 5.74) is 0. The van der Waals surface area contributed by atoms with Crippen molar-refractivity contribution in [3.63, 3.8) is 0 Å². The minimum atomic E-state index is -4.96. The van der Waals surface area contributed by atoms with Gasteiger partial charge in [0.15, 0.2) is 12.2 Å². The number of esters is 4. The van der Waals surface area contributed by atoms with Gasteiger partial charge in [0.25, 0.3) is 0 Å². The first kappa shape index (κ1) is 92.1. The van der Waals surface area contributed by atoms with Crippen molar-refractivity contribution in [1.29, 1.82) is 0 Å². The lowest BCUT2D eigenvalue weighted by atomic mass is 9.99. The summed E-state index contributed by atoms with van der Waals surface area (Å²) >= 11 is 0. The molecule has 558 valence electrons. The van der Waals surface area contributed by atoms with Gasteiger partial charge in [-0.3, -0.25) is 37.3 Å². The standard InChI is InChI=1S/C75H146O17P2/c1-8-11-12-13-14-15-16-17-18-19-20-24-27-30-33-42-49-56-72(77)85-62-70(91-74(79)58-51-44-34-31-28-25-22-21-23-26-29-32-40-47-54-67(6)9-2)64-89-93(81,82)87-60-69(76)61-88-94(83,84)90-65-71(63-86-73(78)57-50-43-37-35-39-46-53-66(4)5)92-75(80)59-52-45-38-36-41-48-55-68(7)10-3/h66-71,76H,8-65H2,1-7H3,(H,81,82)(H,83,84)/t67?,68?,69-,70-,71-/m1/s1. The zero-order valence-corrected chi connectivity index (χ0v) is 63.2. The molecule has 0 aliphatic heterocycles. The predicted molar refractivity (Wildman–Crippen MR) is 381 cm³/mol. The van der Waals surface area contributed by atoms with E-state index in [0.29, 0.717) is 31.6 Å². The Kier molecular flexibility index (Phi) is 64.3. The molecule has 0 amide bonds. The van der Waals surface area contributed by atoms with Gasteiger partial charge in [0, 0.05) is 25.7 Å². The fraction of sp³-hybridized carbons (Fsp3) is 0.947. The number of unbranched alkanes of at least 4 members (excludes halogenated alkanes) is 39. The van der Waals surface area contributed by atoms with Crippen LogP contribution in [-0.4, -0.2) is 96.7 Å². The molecule has 0 fully saturated rings. The van der Waals surface area contributed by atoms with Crippen molar-refractivity contribution < 1.29 is 80.2 Å². The number of hydrogen-bond acceptors (Lipinski definition) is 15. The molecule has 7 atom stereocenters. The zero-order chi connectivity index (χ0) is 69.4. The van der Waals surface area contributed by atoms with E-state index in [1.54, 1.807) is 0 Å². The summed E-state index contributed by atoms with van der Waals surface area (Å²) in [6.07, 6.45) is 51.6. The molecule has 0 aromatic heterocycles. The van der Waals surface area contributed by atoms with Crippen molar-refractivity contribution in [3.8, 4) is 0 Å². The number of hydrogen-bond donors (Lipinski definition) is 3. The van der Waals surface area contributed by atoms with Crippen molar-refractivity contribution in [3.05, 3.63) is 0 Å². The topological polar surface area (TPSA) is 237 Å². The second-order valence-corrected chi connectivity index (χ2v) is 30.9. The van der Waals surface area contributed by atoms with Gasteiger partial charge in [0.05, 0.1) is 26.4 Å². The lowest BCUT2D eigenvalue weighted by Crippen LogP contribution is -2.30. The molecule has 17 nitrogen and oxygen atoms in total. The quantitative estimate of drug-likeness (QED) is 0.0222. The van der Waals surface area contributed by atoms with Crippen LogP contribution < -0.4 is 0 Å². The van der Waals surface area contributed by atoms with Crippen molar-refractivity contribution in [2.24, 2.45) is 17.8 Å². The van der Waals surface area contributed by atoms with Gasteiger partial charge in [-0.15, -0.1) is 0 Å². The highest BCUT2D eigenvalue weighted by Gasteiger charge is 2.30. The second kappa shape index (κ2) is 65.7. The maximum atomic E-state index is 13.1. The highest BCUT2D eigenvalue weighted by molar-refractivity contribution is 7.47. The summed E-state index contributed by atoms with van der Waals surface area (Å²) in [6, 6.07) is 0. The van der Waals surface area contributed by atoms with Crippen LogP contribution in [-0.2, 0) is 65.4 Å². The van der Waals surface area contributed by atoms with Crippen molar-refractivity contribution in [1.82, 2.24) is 0 Å². The number of ether oxygens (including phenoxy) is 4. The van der Waals surface area contributed by atoms with Crippen molar-refractivity contribution in [2.75, 3.05) is 39.6 Å². The Hall–Kier alpha value is -1.94. The Labute approximate surface area is 575 Å². The van der Waals surface area contributed by atoms with Crippen LogP contribution in [0.4, 0.5) is 0 Å². The fourth-order valence-electron chi connectivity index (χ4n) is 11.4. The first-order valence-corrected chi connectivity index (χ1v) is 41.9. The molecule has 0 bridgehead atoms. The maximum absolute atomic E-state index is 13.1. The molecule has 0 spiro atoms. The van der Waals surface area contributed by atoms with E-state index in [1.165, 1.54) is 186 Å². The van der Waals surface area contributed by atoms with E-state index in [4.69, 9.17) is 37.0 Å². The summed E-state index contributed by atoms with van der Waals surface area (Å²) in [4.78, 5) is 72.7. The van der Waals surface area contributed by atoms with Crippen molar-refractivity contribution >= 4 is 39.5 Å². The Bertz CT molecular complexity index is 1840. The van der Waals surface area contributed by atoms with Gasteiger partial charge in [-0.25, -0.2) is 9.13 Å². The van der Waals surface area contributed by atoms with Crippen LogP contribution in [0, 0.1) is 17.8 Å². The Balaban J connectivity index is 5.22. The van der Waals surface area contributed by atoms with Crippen LogP contribution >= 0.6 is 15.6 Å². The van der Waals surface area contributed by atoms with Gasteiger partial charge in [-0.05, 0) is 43.4 Å². The molecule has 4 unspecified atom stereocenters. The van der Waals surface area contributed by atoms with Gasteiger partial charge < -0.3 is 33.8 Å². The lowest BCUT2D eigenvalue weighted by Gasteiger charge is -2.21. The normalized spacial score (nSPS) is 14.7. The minimum Gasteiger partial charge on any atom is -0.462 e. The van der Waals surface area contributed by atoms with Crippen LogP contribution in [0.5, 0.6) is 0 Å². The van der Waals surface area contributed by atoms with Crippen molar-refractivity contribution in [2.45, 2.75) is 401 Å². The molecule has 0 aromatic carbocycles. The number of rotatable bonds is 73. The SMILES string of the molecule is CCCCCCCCCCCCCCCCCCCC(=O)OC[C@H](COP(=O)(O)OC[C@@H](O)COP(=O)(O)OC[C@@H](COC(=O)CCCCCCCCC(C)C)OC(=O)CCCCCCCCC(C)CC)OC(=O)CCCCCCCCCCCCCCCCC(C)CC. The average molecular weight is 1380 g/mol. The Morgan fingerprint density at radius 2 is 0.543 bits per heavy atom. The number of aliphatic hydroxyl groups excluding tert-OH is 1. The average Bonchev–Trinajstić information content (AvgIpc) is 1.44. The number of phosphoric acid groups is 2. The van der Waals surface area contributed by atoms with Crippen LogP contribution in [0.1, 0.15) is 382 Å². The van der Waals surface area contributed by atoms with Crippen LogP contribution in [0.15, 0.2) is 0 Å². The molecular weight excluding hydrogens is 1230 g/mol. The Morgan fingerprint density at radius 1 is 0.309 bits per heavy atom. The molecule has 3 N–H and O–H groups in total. The smallest absolute Gasteiger partial charge is 0.462 e. The zero-order valence-electron chi connectivity index (χ0n) is 61.4. The van der Waals surface area contributed by atoms with E-state index in [-0.39, 0.29) is 25.7 Å². The van der Waals surface area contributed by atoms with E-state index < -0.39 is 97.5 Å². The van der Waals surface area contributed by atoms with E-state index in [2.05, 4.69) is 48.5 Å². The van der Waals surface area contributed by atoms with Gasteiger partial charge in [0.1, 0.15) is 19.3 Å². The number of phosphoric ester groups is 2. The number of carbonyl (C=O) groups excluding carboxylic acids is 4. The van der Waals surface area contributed by atoms with Crippen LogP contribution in [0.25, 0.3) is 0 Å². The highest BCUT2D eigenvalue weighted by Crippen LogP contribution is 2.45. The summed E-state index contributed by atoms with van der Waals surface area (Å²) in [7, 11) is -9.91. The number of aliphatic hydroxyl groups is 1. The largest absolute Gasteiger partial charge is 0.472 e. The monoisotopic (exact) mass is 1380 g/mol. The first-order valence-electron chi connectivity index (χ1n) is 38.9. The van der Waals surface area contributed by atoms with Crippen LogP contribution in [0.2, 0.25) is 0 Å². The molecule has 0 aliphatic carbocycles. The second-order valence-electron chi connectivity index (χ2n) is 28.0. The maximum Gasteiger partial charge on any atom is 0.472 e. The molecule has 0 aromatic rings. The predicted octanol–water partition coefficient (Wildman–Crippen LogP) is 21.8. The molecule has 0 saturated heterocycles. The van der Waals surface area contributed by atoms with E-state index in [0.717, 1.165) is 108 Å². The summed E-state index contributed by atoms with van der Waals surface area (Å²) in [6.45, 7) is 11.8. The molecular formula is C75H146O17P2. The third-order valence-electron chi connectivity index (χ3n) is 18.1. The van der Waals surface area contributed by atoms with Gasteiger partial charge in [-0.1, -0.05) is 331 Å². The van der Waals surface area contributed by atoms with Gasteiger partial charge in [0.2, 0.25) is 0 Å². The summed E-state index contributed by atoms with van der Waals surface area (Å²) in [5.74, 6) is 0.121.